The Morgan fingerprint density at radius 3 is 2.21 bits per heavy atom. The number of halogens is 1. The van der Waals surface area contributed by atoms with Crippen LogP contribution in [0.1, 0.15) is 35.2 Å². The highest BCUT2D eigenvalue weighted by Crippen LogP contribution is 2.18. The van der Waals surface area contributed by atoms with Gasteiger partial charge in [0.25, 0.3) is 5.91 Å². The molecule has 24 heavy (non-hydrogen) atoms. The van der Waals surface area contributed by atoms with E-state index in [4.69, 9.17) is 11.6 Å². The standard InChI is InChI=1S/C19H21ClN2O2/c1-2-17(14-6-4-3-5-7-14)19(24)22-13-12-21-18(23)15-8-10-16(20)11-9-15/h3-11,17H,2,12-13H2,1H3,(H,21,23)(H,22,24). The Hall–Kier alpha value is -2.33. The number of rotatable bonds is 7. The van der Waals surface area contributed by atoms with Crippen molar-refractivity contribution < 1.29 is 9.59 Å². The molecule has 2 rings (SSSR count). The van der Waals surface area contributed by atoms with Crippen LogP contribution in [0.3, 0.4) is 0 Å². The Kier molecular flexibility index (Phi) is 6.82. The van der Waals surface area contributed by atoms with Gasteiger partial charge in [-0.15, -0.1) is 0 Å². The van der Waals surface area contributed by atoms with Gasteiger partial charge in [0.05, 0.1) is 5.92 Å². The maximum absolute atomic E-state index is 12.3. The van der Waals surface area contributed by atoms with Gasteiger partial charge in [-0.05, 0) is 36.2 Å². The molecule has 0 aromatic heterocycles. The molecule has 0 heterocycles. The molecule has 0 aliphatic heterocycles. The molecule has 2 aromatic carbocycles. The average Bonchev–Trinajstić information content (AvgIpc) is 2.61. The molecule has 2 N–H and O–H groups in total. The molecular formula is C19H21ClN2O2. The van der Waals surface area contributed by atoms with E-state index in [1.165, 1.54) is 0 Å². The summed E-state index contributed by atoms with van der Waals surface area (Å²) >= 11 is 5.79. The van der Waals surface area contributed by atoms with E-state index in [2.05, 4.69) is 10.6 Å². The molecule has 0 saturated heterocycles. The Morgan fingerprint density at radius 1 is 0.958 bits per heavy atom. The van der Waals surface area contributed by atoms with Crippen molar-refractivity contribution in [2.75, 3.05) is 13.1 Å². The molecule has 2 aromatic rings. The number of carbonyl (C=O) groups excluding carboxylic acids is 2. The van der Waals surface area contributed by atoms with Crippen LogP contribution in [0.2, 0.25) is 5.02 Å². The second-order valence-electron chi connectivity index (χ2n) is 5.43. The van der Waals surface area contributed by atoms with Gasteiger partial charge >= 0.3 is 0 Å². The molecule has 0 saturated carbocycles. The number of hydrogen-bond donors (Lipinski definition) is 2. The molecule has 0 radical (unpaired) electrons. The zero-order valence-corrected chi connectivity index (χ0v) is 14.3. The van der Waals surface area contributed by atoms with E-state index in [0.29, 0.717) is 23.7 Å². The normalized spacial score (nSPS) is 11.6. The Bertz CT molecular complexity index is 672. The molecule has 1 unspecified atom stereocenters. The van der Waals surface area contributed by atoms with Crippen LogP contribution in [-0.2, 0) is 4.79 Å². The van der Waals surface area contributed by atoms with E-state index in [9.17, 15) is 9.59 Å². The molecule has 0 spiro atoms. The van der Waals surface area contributed by atoms with E-state index < -0.39 is 0 Å². The predicted molar refractivity (Wildman–Crippen MR) is 96.3 cm³/mol. The first-order valence-electron chi connectivity index (χ1n) is 7.98. The Labute approximate surface area is 147 Å². The molecule has 0 fully saturated rings. The molecule has 0 bridgehead atoms. The second kappa shape index (κ2) is 9.08. The van der Waals surface area contributed by atoms with Crippen LogP contribution < -0.4 is 10.6 Å². The van der Waals surface area contributed by atoms with Gasteiger partial charge in [-0.2, -0.15) is 0 Å². The third kappa shape index (κ3) is 5.10. The van der Waals surface area contributed by atoms with Crippen molar-refractivity contribution in [3.63, 3.8) is 0 Å². The van der Waals surface area contributed by atoms with Gasteiger partial charge in [-0.25, -0.2) is 0 Å². The summed E-state index contributed by atoms with van der Waals surface area (Å²) in [5.74, 6) is -0.376. The van der Waals surface area contributed by atoms with Crippen molar-refractivity contribution in [2.45, 2.75) is 19.3 Å². The third-order valence-corrected chi connectivity index (χ3v) is 3.99. The first-order valence-corrected chi connectivity index (χ1v) is 8.36. The van der Waals surface area contributed by atoms with E-state index in [0.717, 1.165) is 12.0 Å². The molecule has 0 aliphatic carbocycles. The fourth-order valence-corrected chi connectivity index (χ4v) is 2.57. The summed E-state index contributed by atoms with van der Waals surface area (Å²) in [4.78, 5) is 24.2. The average molecular weight is 345 g/mol. The van der Waals surface area contributed by atoms with Crippen molar-refractivity contribution in [1.82, 2.24) is 10.6 Å². The van der Waals surface area contributed by atoms with Gasteiger partial charge < -0.3 is 10.6 Å². The van der Waals surface area contributed by atoms with Crippen molar-refractivity contribution in [2.24, 2.45) is 0 Å². The summed E-state index contributed by atoms with van der Waals surface area (Å²) in [5.41, 5.74) is 1.55. The minimum Gasteiger partial charge on any atom is -0.354 e. The molecule has 4 nitrogen and oxygen atoms in total. The summed E-state index contributed by atoms with van der Waals surface area (Å²) in [5, 5.41) is 6.24. The number of carbonyl (C=O) groups is 2. The van der Waals surface area contributed by atoms with Crippen LogP contribution in [0.15, 0.2) is 54.6 Å². The van der Waals surface area contributed by atoms with Gasteiger partial charge in [-0.1, -0.05) is 48.9 Å². The number of hydrogen-bond acceptors (Lipinski definition) is 2. The van der Waals surface area contributed by atoms with Crippen molar-refractivity contribution in [1.29, 1.82) is 0 Å². The van der Waals surface area contributed by atoms with Crippen LogP contribution in [0, 0.1) is 0 Å². The fourth-order valence-electron chi connectivity index (χ4n) is 2.45. The fraction of sp³-hybridized carbons (Fsp3) is 0.263. The number of amides is 2. The molecule has 1 atom stereocenters. The third-order valence-electron chi connectivity index (χ3n) is 3.74. The van der Waals surface area contributed by atoms with E-state index in [-0.39, 0.29) is 17.7 Å². The van der Waals surface area contributed by atoms with Crippen LogP contribution in [0.5, 0.6) is 0 Å². The minimum atomic E-state index is -0.184. The van der Waals surface area contributed by atoms with Gasteiger partial charge in [0, 0.05) is 23.7 Å². The van der Waals surface area contributed by atoms with Crippen LogP contribution in [-0.4, -0.2) is 24.9 Å². The molecule has 0 aliphatic rings. The number of benzene rings is 2. The summed E-state index contributed by atoms with van der Waals surface area (Å²) in [6, 6.07) is 16.4. The summed E-state index contributed by atoms with van der Waals surface area (Å²) in [6.07, 6.45) is 0.729. The lowest BCUT2D eigenvalue weighted by Gasteiger charge is -2.15. The summed E-state index contributed by atoms with van der Waals surface area (Å²) in [7, 11) is 0. The zero-order valence-electron chi connectivity index (χ0n) is 13.6. The summed E-state index contributed by atoms with van der Waals surface area (Å²) < 4.78 is 0. The molecule has 5 heteroatoms. The summed E-state index contributed by atoms with van der Waals surface area (Å²) in [6.45, 7) is 2.75. The molecule has 126 valence electrons. The van der Waals surface area contributed by atoms with Crippen LogP contribution >= 0.6 is 11.6 Å². The zero-order chi connectivity index (χ0) is 17.4. The minimum absolute atomic E-state index is 0.0237. The molecular weight excluding hydrogens is 324 g/mol. The number of nitrogens with one attached hydrogen (secondary N) is 2. The monoisotopic (exact) mass is 344 g/mol. The quantitative estimate of drug-likeness (QED) is 0.756. The largest absolute Gasteiger partial charge is 0.354 e. The van der Waals surface area contributed by atoms with Gasteiger partial charge in [0.1, 0.15) is 0 Å². The van der Waals surface area contributed by atoms with Crippen molar-refractivity contribution >= 4 is 23.4 Å². The first kappa shape index (κ1) is 18.0. The highest BCUT2D eigenvalue weighted by molar-refractivity contribution is 6.30. The maximum Gasteiger partial charge on any atom is 0.251 e. The lowest BCUT2D eigenvalue weighted by atomic mass is 9.96. The lowest BCUT2D eigenvalue weighted by Crippen LogP contribution is -2.36. The lowest BCUT2D eigenvalue weighted by molar-refractivity contribution is -0.122. The topological polar surface area (TPSA) is 58.2 Å². The van der Waals surface area contributed by atoms with Crippen LogP contribution in [0.4, 0.5) is 0 Å². The Balaban J connectivity index is 1.78. The van der Waals surface area contributed by atoms with Gasteiger partial charge in [0.2, 0.25) is 5.91 Å². The smallest absolute Gasteiger partial charge is 0.251 e. The van der Waals surface area contributed by atoms with E-state index in [1.807, 2.05) is 37.3 Å². The Morgan fingerprint density at radius 2 is 1.58 bits per heavy atom. The SMILES string of the molecule is CCC(C(=O)NCCNC(=O)c1ccc(Cl)cc1)c1ccccc1. The highest BCUT2D eigenvalue weighted by atomic mass is 35.5. The van der Waals surface area contributed by atoms with Gasteiger partial charge in [-0.3, -0.25) is 9.59 Å². The van der Waals surface area contributed by atoms with Crippen molar-refractivity contribution in [3.05, 3.63) is 70.7 Å². The maximum atomic E-state index is 12.3. The predicted octanol–water partition coefficient (Wildman–Crippen LogP) is 3.38. The first-order chi connectivity index (χ1) is 11.6. The van der Waals surface area contributed by atoms with Crippen molar-refractivity contribution in [3.8, 4) is 0 Å². The molecule has 2 amide bonds. The second-order valence-corrected chi connectivity index (χ2v) is 5.86. The highest BCUT2D eigenvalue weighted by Gasteiger charge is 2.17. The van der Waals surface area contributed by atoms with Gasteiger partial charge in [0.15, 0.2) is 0 Å². The van der Waals surface area contributed by atoms with E-state index >= 15 is 0 Å². The van der Waals surface area contributed by atoms with Crippen LogP contribution in [0.25, 0.3) is 0 Å². The van der Waals surface area contributed by atoms with E-state index in [1.54, 1.807) is 24.3 Å².